The van der Waals surface area contributed by atoms with Crippen LogP contribution in [0.15, 0.2) is 17.5 Å². The maximum atomic E-state index is 5.28. The minimum atomic E-state index is 0.198. The van der Waals surface area contributed by atoms with Crippen molar-refractivity contribution in [1.82, 2.24) is 14.8 Å². The molecule has 0 amide bonds. The molecule has 1 aliphatic rings. The topological polar surface area (TPSA) is 33.6 Å². The van der Waals surface area contributed by atoms with E-state index in [4.69, 9.17) is 12.2 Å². The molecule has 2 aromatic heterocycles. The van der Waals surface area contributed by atoms with Gasteiger partial charge in [-0.05, 0) is 43.4 Å². The van der Waals surface area contributed by atoms with Crippen molar-refractivity contribution < 1.29 is 0 Å². The summed E-state index contributed by atoms with van der Waals surface area (Å²) in [5, 5.41) is 9.28. The highest BCUT2D eigenvalue weighted by molar-refractivity contribution is 7.71. The summed E-state index contributed by atoms with van der Waals surface area (Å²) in [4.78, 5) is 1.18. The molecular weight excluding hydrogens is 226 g/mol. The molecule has 0 aromatic carbocycles. The van der Waals surface area contributed by atoms with E-state index in [2.05, 4.69) is 33.1 Å². The van der Waals surface area contributed by atoms with E-state index in [9.17, 15) is 0 Å². The summed E-state index contributed by atoms with van der Waals surface area (Å²) in [6, 6.07) is 4.12. The van der Waals surface area contributed by atoms with Crippen LogP contribution >= 0.6 is 23.6 Å². The summed E-state index contributed by atoms with van der Waals surface area (Å²) >= 11 is 6.98. The summed E-state index contributed by atoms with van der Waals surface area (Å²) in [6.45, 7) is 2.23. The van der Waals surface area contributed by atoms with Gasteiger partial charge in [-0.25, -0.2) is 0 Å². The summed E-state index contributed by atoms with van der Waals surface area (Å²) < 4.78 is 2.90. The second-order valence-electron chi connectivity index (χ2n) is 4.16. The highest BCUT2D eigenvalue weighted by Gasteiger charge is 2.41. The first-order chi connectivity index (χ1) is 7.21. The largest absolute Gasteiger partial charge is 0.294 e. The smallest absolute Gasteiger partial charge is 0.195 e. The van der Waals surface area contributed by atoms with E-state index in [1.54, 1.807) is 11.3 Å². The zero-order chi connectivity index (χ0) is 10.5. The van der Waals surface area contributed by atoms with Crippen LogP contribution in [0.4, 0.5) is 0 Å². The second-order valence-corrected chi connectivity index (χ2v) is 5.50. The Labute approximate surface area is 96.8 Å². The van der Waals surface area contributed by atoms with E-state index < -0.39 is 0 Å². The highest BCUT2D eigenvalue weighted by atomic mass is 32.1. The van der Waals surface area contributed by atoms with E-state index >= 15 is 0 Å². The molecule has 5 heteroatoms. The Bertz CT molecular complexity index is 531. The monoisotopic (exact) mass is 237 g/mol. The Kier molecular flexibility index (Phi) is 1.87. The Hall–Kier alpha value is -0.940. The molecule has 0 unspecified atom stereocenters. The third-order valence-electron chi connectivity index (χ3n) is 2.93. The first-order valence-corrected chi connectivity index (χ1v) is 6.21. The van der Waals surface area contributed by atoms with Crippen molar-refractivity contribution in [2.24, 2.45) is 0 Å². The van der Waals surface area contributed by atoms with Crippen LogP contribution in [0.1, 0.15) is 19.8 Å². The van der Waals surface area contributed by atoms with Gasteiger partial charge in [-0.2, -0.15) is 5.10 Å². The molecule has 0 spiro atoms. The summed E-state index contributed by atoms with van der Waals surface area (Å²) in [7, 11) is 0. The Morgan fingerprint density at radius 3 is 3.00 bits per heavy atom. The van der Waals surface area contributed by atoms with Crippen molar-refractivity contribution in [3.63, 3.8) is 0 Å². The van der Waals surface area contributed by atoms with E-state index in [1.165, 1.54) is 17.7 Å². The fraction of sp³-hybridized carbons (Fsp3) is 0.400. The molecule has 0 atom stereocenters. The molecule has 2 heterocycles. The number of thiophene rings is 1. The molecule has 3 rings (SSSR count). The minimum Gasteiger partial charge on any atom is -0.294 e. The van der Waals surface area contributed by atoms with Crippen molar-refractivity contribution in [2.45, 2.75) is 25.3 Å². The lowest BCUT2D eigenvalue weighted by Gasteiger charge is -2.12. The first-order valence-electron chi connectivity index (χ1n) is 4.92. The maximum absolute atomic E-state index is 5.28. The zero-order valence-electron chi connectivity index (χ0n) is 8.36. The fourth-order valence-corrected chi connectivity index (χ4v) is 2.83. The summed E-state index contributed by atoms with van der Waals surface area (Å²) in [6.07, 6.45) is 2.39. The molecular formula is C10H11N3S2. The van der Waals surface area contributed by atoms with Gasteiger partial charge in [0.15, 0.2) is 10.6 Å². The number of rotatable bonds is 2. The zero-order valence-corrected chi connectivity index (χ0v) is 9.99. The SMILES string of the molecule is CC1(n2c(-c3cccs3)n[nH]c2=S)CC1. The first kappa shape index (κ1) is 9.30. The fourth-order valence-electron chi connectivity index (χ4n) is 1.77. The van der Waals surface area contributed by atoms with E-state index in [0.29, 0.717) is 0 Å². The van der Waals surface area contributed by atoms with Gasteiger partial charge in [0, 0.05) is 5.54 Å². The molecule has 3 nitrogen and oxygen atoms in total. The van der Waals surface area contributed by atoms with Crippen molar-refractivity contribution in [3.8, 4) is 10.7 Å². The van der Waals surface area contributed by atoms with Gasteiger partial charge in [0.2, 0.25) is 0 Å². The molecule has 1 N–H and O–H groups in total. The third-order valence-corrected chi connectivity index (χ3v) is 4.07. The number of H-pyrrole nitrogens is 1. The van der Waals surface area contributed by atoms with Crippen LogP contribution in [-0.2, 0) is 5.54 Å². The van der Waals surface area contributed by atoms with Gasteiger partial charge >= 0.3 is 0 Å². The van der Waals surface area contributed by atoms with Crippen molar-refractivity contribution >= 4 is 23.6 Å². The number of hydrogen-bond donors (Lipinski definition) is 1. The second kappa shape index (κ2) is 3.02. The van der Waals surface area contributed by atoms with Crippen molar-refractivity contribution in [1.29, 1.82) is 0 Å². The predicted octanol–water partition coefficient (Wildman–Crippen LogP) is 3.18. The molecule has 15 heavy (non-hydrogen) atoms. The van der Waals surface area contributed by atoms with Gasteiger partial charge in [-0.15, -0.1) is 11.3 Å². The normalized spacial score (nSPS) is 17.9. The van der Waals surface area contributed by atoms with Gasteiger partial charge < -0.3 is 0 Å². The average molecular weight is 237 g/mol. The van der Waals surface area contributed by atoms with Crippen molar-refractivity contribution in [2.75, 3.05) is 0 Å². The lowest BCUT2D eigenvalue weighted by Crippen LogP contribution is -2.13. The maximum Gasteiger partial charge on any atom is 0.195 e. The van der Waals surface area contributed by atoms with Crippen LogP contribution in [-0.4, -0.2) is 14.8 Å². The molecule has 1 aliphatic carbocycles. The van der Waals surface area contributed by atoms with E-state index in [1.807, 2.05) is 6.07 Å². The third kappa shape index (κ3) is 1.38. The number of nitrogens with zero attached hydrogens (tertiary/aromatic N) is 2. The summed E-state index contributed by atoms with van der Waals surface area (Å²) in [5.74, 6) is 0.981. The predicted molar refractivity (Wildman–Crippen MR) is 63.6 cm³/mol. The Morgan fingerprint density at radius 1 is 1.60 bits per heavy atom. The summed E-state index contributed by atoms with van der Waals surface area (Å²) in [5.41, 5.74) is 0.198. The molecule has 1 fully saturated rings. The Balaban J connectivity index is 2.21. The van der Waals surface area contributed by atoms with Crippen LogP contribution in [0.25, 0.3) is 10.7 Å². The van der Waals surface area contributed by atoms with Crippen LogP contribution < -0.4 is 0 Å². The van der Waals surface area contributed by atoms with Gasteiger partial charge in [-0.3, -0.25) is 9.67 Å². The highest BCUT2D eigenvalue weighted by Crippen LogP contribution is 2.45. The standard InChI is InChI=1S/C10H11N3S2/c1-10(4-5-10)13-8(11-12-9(13)14)7-3-2-6-15-7/h2-3,6H,4-5H2,1H3,(H,12,14). The van der Waals surface area contributed by atoms with E-state index in [0.717, 1.165) is 10.6 Å². The lowest BCUT2D eigenvalue weighted by molar-refractivity contribution is 0.530. The van der Waals surface area contributed by atoms with Gasteiger partial charge in [-0.1, -0.05) is 6.07 Å². The van der Waals surface area contributed by atoms with Gasteiger partial charge in [0.1, 0.15) is 0 Å². The quantitative estimate of drug-likeness (QED) is 0.814. The van der Waals surface area contributed by atoms with Gasteiger partial charge in [0.25, 0.3) is 0 Å². The minimum absolute atomic E-state index is 0.198. The Morgan fingerprint density at radius 2 is 2.40 bits per heavy atom. The van der Waals surface area contributed by atoms with Crippen LogP contribution in [0.3, 0.4) is 0 Å². The van der Waals surface area contributed by atoms with Gasteiger partial charge in [0.05, 0.1) is 4.88 Å². The molecule has 0 bridgehead atoms. The van der Waals surface area contributed by atoms with Crippen LogP contribution in [0, 0.1) is 4.77 Å². The van der Waals surface area contributed by atoms with Crippen molar-refractivity contribution in [3.05, 3.63) is 22.3 Å². The number of aromatic amines is 1. The molecule has 2 aromatic rings. The molecule has 0 saturated heterocycles. The molecule has 78 valence electrons. The number of aromatic nitrogens is 3. The molecule has 1 saturated carbocycles. The number of nitrogens with one attached hydrogen (secondary N) is 1. The van der Waals surface area contributed by atoms with Crippen LogP contribution in [0.2, 0.25) is 0 Å². The lowest BCUT2D eigenvalue weighted by atomic mass is 10.3. The van der Waals surface area contributed by atoms with E-state index in [-0.39, 0.29) is 5.54 Å². The van der Waals surface area contributed by atoms with Crippen LogP contribution in [0.5, 0.6) is 0 Å². The number of hydrogen-bond acceptors (Lipinski definition) is 3. The molecule has 0 radical (unpaired) electrons. The molecule has 0 aliphatic heterocycles. The average Bonchev–Trinajstić information content (AvgIpc) is 2.73.